The molecule has 1 aromatic carbocycles. The van der Waals surface area contributed by atoms with Crippen LogP contribution in [0.2, 0.25) is 5.02 Å². The van der Waals surface area contributed by atoms with E-state index in [1.165, 1.54) is 7.11 Å². The van der Waals surface area contributed by atoms with E-state index in [1.54, 1.807) is 12.1 Å². The fourth-order valence-corrected chi connectivity index (χ4v) is 2.46. The number of guanidine groups is 1. The maximum absolute atomic E-state index is 12.0. The van der Waals surface area contributed by atoms with Crippen molar-refractivity contribution in [3.8, 4) is 5.75 Å². The van der Waals surface area contributed by atoms with Crippen molar-refractivity contribution in [3.05, 3.63) is 28.3 Å². The molecule has 0 fully saturated rings. The van der Waals surface area contributed by atoms with Crippen molar-refractivity contribution in [3.63, 3.8) is 0 Å². The Balaban J connectivity index is 2.57. The van der Waals surface area contributed by atoms with Crippen molar-refractivity contribution in [2.45, 2.75) is 25.9 Å². The Morgan fingerprint density at radius 1 is 1.41 bits per heavy atom. The molecule has 0 radical (unpaired) electrons. The van der Waals surface area contributed by atoms with E-state index in [0.29, 0.717) is 23.4 Å². The van der Waals surface area contributed by atoms with Gasteiger partial charge in [-0.05, 0) is 19.9 Å². The smallest absolute Gasteiger partial charge is 0.281 e. The van der Waals surface area contributed by atoms with Gasteiger partial charge in [-0.15, -0.1) is 0 Å². The van der Waals surface area contributed by atoms with Crippen LogP contribution < -0.4 is 16.2 Å². The van der Waals surface area contributed by atoms with Crippen LogP contribution in [-0.4, -0.2) is 30.3 Å². The molecule has 0 bridgehead atoms. The molecule has 1 amide bonds. The zero-order valence-corrected chi connectivity index (χ0v) is 13.3. The van der Waals surface area contributed by atoms with Gasteiger partial charge in [0.1, 0.15) is 18.5 Å². The van der Waals surface area contributed by atoms with Gasteiger partial charge in [-0.1, -0.05) is 16.8 Å². The Morgan fingerprint density at radius 2 is 2.09 bits per heavy atom. The lowest BCUT2D eigenvalue weighted by Crippen LogP contribution is -2.36. The highest BCUT2D eigenvalue weighted by Gasteiger charge is 2.33. The SMILES string of the molecule is CON=C1CC(C)(C)Oc2cc(Cl)c(C(=O)N=C(N)N)cc21. The Morgan fingerprint density at radius 3 is 2.68 bits per heavy atom. The molecule has 1 aliphatic heterocycles. The molecule has 118 valence electrons. The first-order valence-corrected chi connectivity index (χ1v) is 6.88. The fraction of sp³-hybridized carbons (Fsp3) is 0.357. The van der Waals surface area contributed by atoms with Gasteiger partial charge in [0, 0.05) is 18.1 Å². The van der Waals surface area contributed by atoms with E-state index in [9.17, 15) is 4.79 Å². The Labute approximate surface area is 132 Å². The van der Waals surface area contributed by atoms with Crippen LogP contribution >= 0.6 is 11.6 Å². The van der Waals surface area contributed by atoms with E-state index in [0.717, 1.165) is 0 Å². The summed E-state index contributed by atoms with van der Waals surface area (Å²) >= 11 is 6.13. The van der Waals surface area contributed by atoms with Gasteiger partial charge < -0.3 is 21.0 Å². The van der Waals surface area contributed by atoms with Crippen LogP contribution in [0.15, 0.2) is 22.3 Å². The molecule has 22 heavy (non-hydrogen) atoms. The highest BCUT2D eigenvalue weighted by atomic mass is 35.5. The largest absolute Gasteiger partial charge is 0.487 e. The fourth-order valence-electron chi connectivity index (χ4n) is 2.23. The number of fused-ring (bicyclic) bond motifs is 1. The van der Waals surface area contributed by atoms with Crippen LogP contribution in [0.1, 0.15) is 36.2 Å². The van der Waals surface area contributed by atoms with Crippen LogP contribution in [0.4, 0.5) is 0 Å². The quantitative estimate of drug-likeness (QED) is 0.488. The summed E-state index contributed by atoms with van der Waals surface area (Å²) in [5.74, 6) is -0.436. The minimum atomic E-state index is -0.630. The van der Waals surface area contributed by atoms with Crippen molar-refractivity contribution in [1.82, 2.24) is 0 Å². The number of rotatable bonds is 2. The Kier molecular flexibility index (Phi) is 4.27. The van der Waals surface area contributed by atoms with E-state index >= 15 is 0 Å². The van der Waals surface area contributed by atoms with E-state index in [4.69, 9.17) is 32.6 Å². The van der Waals surface area contributed by atoms with Gasteiger partial charge in [-0.25, -0.2) is 0 Å². The summed E-state index contributed by atoms with van der Waals surface area (Å²) in [5, 5.41) is 4.21. The maximum atomic E-state index is 12.0. The molecule has 4 N–H and O–H groups in total. The van der Waals surface area contributed by atoms with Crippen LogP contribution in [0, 0.1) is 0 Å². The summed E-state index contributed by atoms with van der Waals surface area (Å²) in [5.41, 5.74) is 11.4. The third kappa shape index (κ3) is 3.30. The number of amides is 1. The number of carbonyl (C=O) groups excluding carboxylic acids is 1. The number of oxime groups is 1. The standard InChI is InChI=1S/C14H17ClN4O3/c1-14(2)6-10(19-21-3)8-4-7(12(20)18-13(16)17)9(15)5-11(8)22-14/h4-5H,6H2,1-3H3,(H4,16,17,18,20). The number of nitrogens with two attached hydrogens (primary N) is 2. The molecule has 0 aromatic heterocycles. The summed E-state index contributed by atoms with van der Waals surface area (Å²) in [7, 11) is 1.45. The second-order valence-corrected chi connectivity index (χ2v) is 5.84. The average molecular weight is 325 g/mol. The van der Waals surface area contributed by atoms with Crippen molar-refractivity contribution in [2.24, 2.45) is 21.6 Å². The molecule has 7 nitrogen and oxygen atoms in total. The minimum absolute atomic E-state index is 0.168. The van der Waals surface area contributed by atoms with Crippen LogP contribution in [0.25, 0.3) is 0 Å². The molecule has 8 heteroatoms. The second-order valence-electron chi connectivity index (χ2n) is 5.43. The number of halogens is 1. The van der Waals surface area contributed by atoms with Gasteiger partial charge >= 0.3 is 0 Å². The molecule has 0 aliphatic carbocycles. The first-order chi connectivity index (χ1) is 10.2. The van der Waals surface area contributed by atoms with Crippen molar-refractivity contribution >= 4 is 29.2 Å². The van der Waals surface area contributed by atoms with Gasteiger partial charge in [0.05, 0.1) is 16.3 Å². The zero-order valence-electron chi connectivity index (χ0n) is 12.5. The van der Waals surface area contributed by atoms with Crippen LogP contribution in [0.5, 0.6) is 5.75 Å². The molecule has 1 aromatic rings. The number of hydrogen-bond donors (Lipinski definition) is 2. The molecule has 0 atom stereocenters. The third-order valence-electron chi connectivity index (χ3n) is 3.02. The van der Waals surface area contributed by atoms with Gasteiger partial charge in [-0.3, -0.25) is 4.79 Å². The lowest BCUT2D eigenvalue weighted by atomic mass is 9.91. The zero-order chi connectivity index (χ0) is 16.5. The molecule has 0 saturated carbocycles. The van der Waals surface area contributed by atoms with Crippen LogP contribution in [-0.2, 0) is 4.84 Å². The molecule has 2 rings (SSSR count). The monoisotopic (exact) mass is 324 g/mol. The first kappa shape index (κ1) is 16.1. The second kappa shape index (κ2) is 5.84. The molecule has 0 unspecified atom stereocenters. The average Bonchev–Trinajstić information content (AvgIpc) is 2.35. The molecule has 0 saturated heterocycles. The van der Waals surface area contributed by atoms with Gasteiger partial charge in [0.15, 0.2) is 5.96 Å². The van der Waals surface area contributed by atoms with Crippen molar-refractivity contribution in [2.75, 3.05) is 7.11 Å². The maximum Gasteiger partial charge on any atom is 0.281 e. The molecular weight excluding hydrogens is 308 g/mol. The van der Waals surface area contributed by atoms with E-state index in [2.05, 4.69) is 10.1 Å². The summed E-state index contributed by atoms with van der Waals surface area (Å²) in [6.45, 7) is 3.85. The lowest BCUT2D eigenvalue weighted by Gasteiger charge is -2.33. The minimum Gasteiger partial charge on any atom is -0.487 e. The predicted octanol–water partition coefficient (Wildman–Crippen LogP) is 1.67. The molecular formula is C14H17ClN4O3. The predicted molar refractivity (Wildman–Crippen MR) is 84.5 cm³/mol. The number of aliphatic imine (C=N–C) groups is 1. The van der Waals surface area contributed by atoms with Crippen LogP contribution in [0.3, 0.4) is 0 Å². The topological polar surface area (TPSA) is 112 Å². The summed E-state index contributed by atoms with van der Waals surface area (Å²) in [4.78, 5) is 20.4. The molecule has 1 aliphatic rings. The third-order valence-corrected chi connectivity index (χ3v) is 3.33. The van der Waals surface area contributed by atoms with E-state index in [1.807, 2.05) is 13.8 Å². The normalized spacial score (nSPS) is 17.4. The summed E-state index contributed by atoms with van der Waals surface area (Å²) < 4.78 is 5.88. The van der Waals surface area contributed by atoms with Gasteiger partial charge in [-0.2, -0.15) is 4.99 Å². The van der Waals surface area contributed by atoms with Crippen molar-refractivity contribution in [1.29, 1.82) is 0 Å². The number of hydrogen-bond acceptors (Lipinski definition) is 4. The Bertz CT molecular complexity index is 679. The highest BCUT2D eigenvalue weighted by Crippen LogP contribution is 2.37. The van der Waals surface area contributed by atoms with Gasteiger partial charge in [0.2, 0.25) is 0 Å². The van der Waals surface area contributed by atoms with Crippen molar-refractivity contribution < 1.29 is 14.4 Å². The van der Waals surface area contributed by atoms with Gasteiger partial charge in [0.25, 0.3) is 5.91 Å². The van der Waals surface area contributed by atoms with E-state index in [-0.39, 0.29) is 16.5 Å². The molecule has 0 spiro atoms. The van der Waals surface area contributed by atoms with E-state index < -0.39 is 11.5 Å². The Hall–Kier alpha value is -2.28. The first-order valence-electron chi connectivity index (χ1n) is 6.50. The number of nitrogens with zero attached hydrogens (tertiary/aromatic N) is 2. The highest BCUT2D eigenvalue weighted by molar-refractivity contribution is 6.34. The summed E-state index contributed by atoms with van der Waals surface area (Å²) in [6, 6.07) is 3.11. The number of ether oxygens (including phenoxy) is 1. The summed E-state index contributed by atoms with van der Waals surface area (Å²) in [6.07, 6.45) is 0.519. The number of carbonyl (C=O) groups is 1. The molecule has 1 heterocycles. The lowest BCUT2D eigenvalue weighted by molar-refractivity contribution is 0.100. The number of benzene rings is 1.